The third-order valence-corrected chi connectivity index (χ3v) is 3.45. The van der Waals surface area contributed by atoms with Gasteiger partial charge in [0.15, 0.2) is 0 Å². The van der Waals surface area contributed by atoms with Gasteiger partial charge in [0.25, 0.3) is 0 Å². The average Bonchev–Trinajstić information content (AvgIpc) is 2.77. The van der Waals surface area contributed by atoms with Gasteiger partial charge in [-0.1, -0.05) is 23.2 Å². The number of nitrogens with zero attached hydrogens (tertiary/aromatic N) is 2. The summed E-state index contributed by atoms with van der Waals surface area (Å²) in [5, 5.41) is 5.47. The molecule has 3 N–H and O–H groups in total. The zero-order valence-corrected chi connectivity index (χ0v) is 11.4. The van der Waals surface area contributed by atoms with Crippen LogP contribution in [0.15, 0.2) is 30.5 Å². The number of benzene rings is 1. The molecule has 96 valence electrons. The highest BCUT2D eigenvalue weighted by atomic mass is 35.5. The number of hydrazine groups is 1. The lowest BCUT2D eigenvalue weighted by Gasteiger charge is -2.17. The van der Waals surface area contributed by atoms with Crippen LogP contribution >= 0.6 is 23.2 Å². The lowest BCUT2D eigenvalue weighted by atomic mass is 10.0. The zero-order chi connectivity index (χ0) is 13.1. The summed E-state index contributed by atoms with van der Waals surface area (Å²) in [5.41, 5.74) is 4.72. The number of hydrogen-bond acceptors (Lipinski definition) is 3. The molecule has 1 heterocycles. The second-order valence-electron chi connectivity index (χ2n) is 4.04. The molecular formula is C12H14Cl2N4. The fourth-order valence-electron chi connectivity index (χ4n) is 1.89. The predicted molar refractivity (Wildman–Crippen MR) is 73.4 cm³/mol. The Labute approximate surface area is 116 Å². The van der Waals surface area contributed by atoms with Crippen LogP contribution < -0.4 is 11.3 Å². The maximum absolute atomic E-state index is 6.15. The number of nitrogens with one attached hydrogen (secondary N) is 1. The lowest BCUT2D eigenvalue weighted by Crippen LogP contribution is -2.31. The molecule has 6 heteroatoms. The minimum atomic E-state index is -0.0616. The van der Waals surface area contributed by atoms with Gasteiger partial charge in [-0.2, -0.15) is 5.10 Å². The topological polar surface area (TPSA) is 55.9 Å². The SMILES string of the molecule is Cn1nccc1C(Cc1cc(Cl)ccc1Cl)NN. The first-order valence-corrected chi connectivity index (χ1v) is 6.25. The van der Waals surface area contributed by atoms with Crippen LogP contribution in [0, 0.1) is 0 Å². The monoisotopic (exact) mass is 284 g/mol. The van der Waals surface area contributed by atoms with Crippen molar-refractivity contribution in [1.82, 2.24) is 15.2 Å². The Kier molecular flexibility index (Phi) is 4.24. The summed E-state index contributed by atoms with van der Waals surface area (Å²) < 4.78 is 1.78. The molecule has 1 aromatic heterocycles. The fraction of sp³-hybridized carbons (Fsp3) is 0.250. The standard InChI is InChI=1S/C12H14Cl2N4/c1-18-12(4-5-16-18)11(17-15)7-8-6-9(13)2-3-10(8)14/h2-6,11,17H,7,15H2,1H3. The molecule has 2 aromatic rings. The Morgan fingerprint density at radius 3 is 2.78 bits per heavy atom. The van der Waals surface area contributed by atoms with Gasteiger partial charge in [0.05, 0.1) is 11.7 Å². The Hall–Kier alpha value is -1.07. The van der Waals surface area contributed by atoms with Gasteiger partial charge in [0.1, 0.15) is 0 Å². The van der Waals surface area contributed by atoms with E-state index < -0.39 is 0 Å². The smallest absolute Gasteiger partial charge is 0.0669 e. The maximum Gasteiger partial charge on any atom is 0.0669 e. The molecule has 0 fully saturated rings. The van der Waals surface area contributed by atoms with E-state index in [0.29, 0.717) is 16.5 Å². The van der Waals surface area contributed by atoms with Crippen LogP contribution in [0.2, 0.25) is 10.0 Å². The van der Waals surface area contributed by atoms with Crippen molar-refractivity contribution in [3.8, 4) is 0 Å². The van der Waals surface area contributed by atoms with Crippen LogP contribution in [0.5, 0.6) is 0 Å². The summed E-state index contributed by atoms with van der Waals surface area (Å²) in [6, 6.07) is 7.26. The van der Waals surface area contributed by atoms with E-state index >= 15 is 0 Å². The normalized spacial score (nSPS) is 12.7. The van der Waals surface area contributed by atoms with E-state index in [4.69, 9.17) is 29.0 Å². The van der Waals surface area contributed by atoms with Crippen LogP contribution in [0.25, 0.3) is 0 Å². The summed E-state index contributed by atoms with van der Waals surface area (Å²) >= 11 is 12.1. The minimum Gasteiger partial charge on any atom is -0.271 e. The minimum absolute atomic E-state index is 0.0616. The highest BCUT2D eigenvalue weighted by molar-refractivity contribution is 6.33. The first-order valence-electron chi connectivity index (χ1n) is 5.49. The maximum atomic E-state index is 6.15. The summed E-state index contributed by atoms with van der Waals surface area (Å²) in [4.78, 5) is 0. The second kappa shape index (κ2) is 5.71. The van der Waals surface area contributed by atoms with Crippen LogP contribution in [-0.2, 0) is 13.5 Å². The molecule has 18 heavy (non-hydrogen) atoms. The van der Waals surface area contributed by atoms with Gasteiger partial charge in [0, 0.05) is 23.3 Å². The van der Waals surface area contributed by atoms with Crippen LogP contribution in [-0.4, -0.2) is 9.78 Å². The second-order valence-corrected chi connectivity index (χ2v) is 4.88. The van der Waals surface area contributed by atoms with Crippen molar-refractivity contribution in [1.29, 1.82) is 0 Å². The molecule has 0 bridgehead atoms. The van der Waals surface area contributed by atoms with Crippen molar-refractivity contribution in [2.75, 3.05) is 0 Å². The molecule has 1 aromatic carbocycles. The molecule has 2 rings (SSSR count). The van der Waals surface area contributed by atoms with E-state index in [1.54, 1.807) is 23.0 Å². The molecule has 1 atom stereocenters. The van der Waals surface area contributed by atoms with Gasteiger partial charge in [-0.05, 0) is 36.2 Å². The average molecular weight is 285 g/mol. The molecule has 1 unspecified atom stereocenters. The van der Waals surface area contributed by atoms with Crippen molar-refractivity contribution in [3.05, 3.63) is 51.8 Å². The Morgan fingerprint density at radius 1 is 1.39 bits per heavy atom. The number of nitrogens with two attached hydrogens (primary N) is 1. The summed E-state index contributed by atoms with van der Waals surface area (Å²) in [5.74, 6) is 5.60. The molecule has 0 amide bonds. The molecule has 0 saturated carbocycles. The number of halogens is 2. The molecule has 0 saturated heterocycles. The fourth-order valence-corrected chi connectivity index (χ4v) is 2.28. The summed E-state index contributed by atoms with van der Waals surface area (Å²) in [6.45, 7) is 0. The third kappa shape index (κ3) is 2.84. The van der Waals surface area contributed by atoms with Gasteiger partial charge in [0.2, 0.25) is 0 Å². The number of hydrogen-bond donors (Lipinski definition) is 2. The molecule has 0 aliphatic rings. The molecule has 4 nitrogen and oxygen atoms in total. The lowest BCUT2D eigenvalue weighted by molar-refractivity contribution is 0.508. The van der Waals surface area contributed by atoms with Crippen LogP contribution in [0.1, 0.15) is 17.3 Å². The van der Waals surface area contributed by atoms with Crippen molar-refractivity contribution < 1.29 is 0 Å². The molecular weight excluding hydrogens is 271 g/mol. The Morgan fingerprint density at radius 2 is 2.17 bits per heavy atom. The Bertz CT molecular complexity index is 539. The van der Waals surface area contributed by atoms with E-state index in [-0.39, 0.29) is 6.04 Å². The van der Waals surface area contributed by atoms with Crippen molar-refractivity contribution in [2.45, 2.75) is 12.5 Å². The predicted octanol–water partition coefficient (Wildman–Crippen LogP) is 2.47. The van der Waals surface area contributed by atoms with Gasteiger partial charge >= 0.3 is 0 Å². The van der Waals surface area contributed by atoms with Gasteiger partial charge < -0.3 is 0 Å². The number of rotatable bonds is 4. The first-order chi connectivity index (χ1) is 8.61. The van der Waals surface area contributed by atoms with Gasteiger partial charge in [-0.3, -0.25) is 16.0 Å². The highest BCUT2D eigenvalue weighted by Crippen LogP contribution is 2.25. The molecule has 0 radical (unpaired) electrons. The third-order valence-electron chi connectivity index (χ3n) is 2.85. The largest absolute Gasteiger partial charge is 0.271 e. The number of aromatic nitrogens is 2. The van der Waals surface area contributed by atoms with Gasteiger partial charge in [-0.15, -0.1) is 0 Å². The highest BCUT2D eigenvalue weighted by Gasteiger charge is 2.15. The number of aryl methyl sites for hydroxylation is 1. The van der Waals surface area contributed by atoms with Crippen molar-refractivity contribution >= 4 is 23.2 Å². The van der Waals surface area contributed by atoms with Crippen molar-refractivity contribution in [3.63, 3.8) is 0 Å². The van der Waals surface area contributed by atoms with Crippen molar-refractivity contribution in [2.24, 2.45) is 12.9 Å². The summed E-state index contributed by atoms with van der Waals surface area (Å²) in [6.07, 6.45) is 2.38. The molecule has 0 aliphatic carbocycles. The van der Waals surface area contributed by atoms with Crippen LogP contribution in [0.3, 0.4) is 0 Å². The summed E-state index contributed by atoms with van der Waals surface area (Å²) in [7, 11) is 1.87. The van der Waals surface area contributed by atoms with Gasteiger partial charge in [-0.25, -0.2) is 0 Å². The Balaban J connectivity index is 2.26. The van der Waals surface area contributed by atoms with E-state index in [1.807, 2.05) is 19.2 Å². The van der Waals surface area contributed by atoms with Crippen LogP contribution in [0.4, 0.5) is 0 Å². The molecule has 0 aliphatic heterocycles. The van der Waals surface area contributed by atoms with E-state index in [0.717, 1.165) is 11.3 Å². The van der Waals surface area contributed by atoms with E-state index in [2.05, 4.69) is 10.5 Å². The molecule has 0 spiro atoms. The quantitative estimate of drug-likeness (QED) is 0.670. The first kappa shape index (κ1) is 13.4. The van der Waals surface area contributed by atoms with E-state index in [9.17, 15) is 0 Å². The zero-order valence-electron chi connectivity index (χ0n) is 9.90. The van der Waals surface area contributed by atoms with E-state index in [1.165, 1.54) is 0 Å².